The third-order valence-corrected chi connectivity index (χ3v) is 4.77. The number of nitrogens with one attached hydrogen (secondary N) is 1. The lowest BCUT2D eigenvalue weighted by Crippen LogP contribution is -2.18. The number of fused-ring (bicyclic) bond motifs is 1. The van der Waals surface area contributed by atoms with Crippen molar-refractivity contribution in [1.29, 1.82) is 5.26 Å². The highest BCUT2D eigenvalue weighted by Gasteiger charge is 2.44. The van der Waals surface area contributed by atoms with Crippen molar-refractivity contribution < 1.29 is 13.6 Å². The van der Waals surface area contributed by atoms with Gasteiger partial charge >= 0.3 is 0 Å². The SMILES string of the molecule is CN(c1cc2c(ncn2C)c(NC(=O)[C@H]2C[C@H]2F)n1)c1ccc(C#N)cc1F. The van der Waals surface area contributed by atoms with Crippen LogP contribution in [0.25, 0.3) is 11.0 Å². The van der Waals surface area contributed by atoms with Gasteiger partial charge in [0.1, 0.15) is 23.3 Å². The van der Waals surface area contributed by atoms with Crippen molar-refractivity contribution in [3.05, 3.63) is 42.0 Å². The molecule has 3 aromatic rings. The molecule has 1 saturated carbocycles. The van der Waals surface area contributed by atoms with Gasteiger partial charge in [-0.2, -0.15) is 5.26 Å². The average molecular weight is 382 g/mol. The van der Waals surface area contributed by atoms with Crippen molar-refractivity contribution in [2.24, 2.45) is 13.0 Å². The smallest absolute Gasteiger partial charge is 0.231 e. The molecule has 28 heavy (non-hydrogen) atoms. The van der Waals surface area contributed by atoms with E-state index in [0.29, 0.717) is 16.9 Å². The summed E-state index contributed by atoms with van der Waals surface area (Å²) in [5.74, 6) is -1.13. The molecule has 142 valence electrons. The Balaban J connectivity index is 1.75. The average Bonchev–Trinajstić information content (AvgIpc) is 3.30. The molecule has 4 rings (SSSR count). The Morgan fingerprint density at radius 3 is 2.82 bits per heavy atom. The number of nitrogens with zero attached hydrogens (tertiary/aromatic N) is 5. The van der Waals surface area contributed by atoms with Gasteiger partial charge in [-0.15, -0.1) is 0 Å². The standard InChI is InChI=1S/C19H16F2N6O/c1-26-9-23-17-15(26)7-16(24-18(17)25-19(28)11-6-12(11)20)27(2)14-4-3-10(8-22)5-13(14)21/h3-5,7,9,11-12H,6H2,1-2H3,(H,24,25,28)/t11-,12+/m0/s1. The van der Waals surface area contributed by atoms with Crippen LogP contribution < -0.4 is 10.2 Å². The van der Waals surface area contributed by atoms with Gasteiger partial charge in [0.2, 0.25) is 5.91 Å². The number of aryl methyl sites for hydroxylation is 1. The second-order valence-electron chi connectivity index (χ2n) is 6.74. The molecule has 1 fully saturated rings. The number of alkyl halides is 1. The third-order valence-electron chi connectivity index (χ3n) is 4.77. The van der Waals surface area contributed by atoms with Crippen LogP contribution in [0.15, 0.2) is 30.6 Å². The summed E-state index contributed by atoms with van der Waals surface area (Å²) in [5, 5.41) is 11.5. The number of rotatable bonds is 4. The molecule has 0 bridgehead atoms. The van der Waals surface area contributed by atoms with Crippen LogP contribution in [0.2, 0.25) is 0 Å². The van der Waals surface area contributed by atoms with Gasteiger partial charge < -0.3 is 14.8 Å². The van der Waals surface area contributed by atoms with Gasteiger partial charge in [-0.05, 0) is 24.6 Å². The van der Waals surface area contributed by atoms with Gasteiger partial charge in [-0.25, -0.2) is 18.7 Å². The second-order valence-corrected chi connectivity index (χ2v) is 6.74. The molecule has 0 spiro atoms. The highest BCUT2D eigenvalue weighted by atomic mass is 19.1. The van der Waals surface area contributed by atoms with Gasteiger partial charge in [0, 0.05) is 20.2 Å². The van der Waals surface area contributed by atoms with Gasteiger partial charge in [0.05, 0.1) is 35.1 Å². The summed E-state index contributed by atoms with van der Waals surface area (Å²) in [7, 11) is 3.41. The minimum absolute atomic E-state index is 0.193. The normalized spacial score (nSPS) is 18.0. The van der Waals surface area contributed by atoms with Gasteiger partial charge in [0.15, 0.2) is 5.82 Å². The molecular formula is C19H16F2N6O. The van der Waals surface area contributed by atoms with Crippen molar-refractivity contribution in [3.8, 4) is 6.07 Å². The lowest BCUT2D eigenvalue weighted by molar-refractivity contribution is -0.117. The van der Waals surface area contributed by atoms with Crippen molar-refractivity contribution in [3.63, 3.8) is 0 Å². The van der Waals surface area contributed by atoms with E-state index in [1.807, 2.05) is 6.07 Å². The van der Waals surface area contributed by atoms with Crippen LogP contribution in [0.3, 0.4) is 0 Å². The zero-order valence-electron chi connectivity index (χ0n) is 15.1. The number of nitriles is 1. The molecule has 0 unspecified atom stereocenters. The van der Waals surface area contributed by atoms with Crippen LogP contribution in [-0.2, 0) is 11.8 Å². The van der Waals surface area contributed by atoms with E-state index in [1.165, 1.54) is 17.0 Å². The minimum atomic E-state index is -1.13. The maximum atomic E-state index is 14.4. The number of carbonyl (C=O) groups excluding carboxylic acids is 1. The number of aromatic nitrogens is 3. The molecule has 0 saturated heterocycles. The van der Waals surface area contributed by atoms with Gasteiger partial charge in [-0.3, -0.25) is 4.79 Å². The molecule has 2 atom stereocenters. The zero-order valence-corrected chi connectivity index (χ0v) is 15.1. The molecule has 2 heterocycles. The molecule has 0 aliphatic heterocycles. The number of benzene rings is 1. The summed E-state index contributed by atoms with van der Waals surface area (Å²) in [5.41, 5.74) is 1.57. The number of imidazole rings is 1. The third kappa shape index (κ3) is 3.03. The summed E-state index contributed by atoms with van der Waals surface area (Å²) in [4.78, 5) is 22.3. The van der Waals surface area contributed by atoms with E-state index in [-0.39, 0.29) is 23.5 Å². The van der Waals surface area contributed by atoms with E-state index >= 15 is 0 Å². The van der Waals surface area contributed by atoms with Crippen LogP contribution in [0, 0.1) is 23.1 Å². The number of halogens is 2. The highest BCUT2D eigenvalue weighted by Crippen LogP contribution is 2.36. The number of anilines is 3. The van der Waals surface area contributed by atoms with Crippen molar-refractivity contribution >= 4 is 34.3 Å². The minimum Gasteiger partial charge on any atom is -0.334 e. The van der Waals surface area contributed by atoms with Crippen LogP contribution in [-0.4, -0.2) is 33.7 Å². The maximum Gasteiger partial charge on any atom is 0.231 e. The molecule has 7 nitrogen and oxygen atoms in total. The summed E-state index contributed by atoms with van der Waals surface area (Å²) < 4.78 is 29.4. The number of hydrogen-bond acceptors (Lipinski definition) is 5. The molecule has 0 radical (unpaired) electrons. The van der Waals surface area contributed by atoms with Crippen molar-refractivity contribution in [2.45, 2.75) is 12.6 Å². The largest absolute Gasteiger partial charge is 0.334 e. The first-order chi connectivity index (χ1) is 13.4. The first-order valence-electron chi connectivity index (χ1n) is 8.59. The van der Waals surface area contributed by atoms with Crippen LogP contribution in [0.1, 0.15) is 12.0 Å². The topological polar surface area (TPSA) is 86.8 Å². The summed E-state index contributed by atoms with van der Waals surface area (Å²) in [6, 6.07) is 7.74. The second kappa shape index (κ2) is 6.56. The highest BCUT2D eigenvalue weighted by molar-refractivity contribution is 6.01. The van der Waals surface area contributed by atoms with Crippen LogP contribution in [0.5, 0.6) is 0 Å². The zero-order chi connectivity index (χ0) is 20.0. The van der Waals surface area contributed by atoms with Crippen LogP contribution in [0.4, 0.5) is 26.1 Å². The quantitative estimate of drug-likeness (QED) is 0.749. The Labute approximate surface area is 159 Å². The Morgan fingerprint density at radius 2 is 2.18 bits per heavy atom. The van der Waals surface area contributed by atoms with Crippen molar-refractivity contribution in [2.75, 3.05) is 17.3 Å². The fourth-order valence-electron chi connectivity index (χ4n) is 2.99. The lowest BCUT2D eigenvalue weighted by Gasteiger charge is -2.20. The van der Waals surface area contributed by atoms with E-state index in [0.717, 1.165) is 6.07 Å². The number of pyridine rings is 1. The van der Waals surface area contributed by atoms with Crippen molar-refractivity contribution in [1.82, 2.24) is 14.5 Å². The van der Waals surface area contributed by atoms with Crippen LogP contribution >= 0.6 is 0 Å². The molecule has 2 aromatic heterocycles. The molecule has 1 aliphatic carbocycles. The molecule has 1 aromatic carbocycles. The first kappa shape index (κ1) is 17.9. The molecule has 9 heteroatoms. The fraction of sp³-hybridized carbons (Fsp3) is 0.263. The predicted molar refractivity (Wildman–Crippen MR) is 99.3 cm³/mol. The van der Waals surface area contributed by atoms with E-state index in [4.69, 9.17) is 5.26 Å². The summed E-state index contributed by atoms with van der Waals surface area (Å²) in [6.45, 7) is 0. The first-order valence-corrected chi connectivity index (χ1v) is 8.59. The number of carbonyl (C=O) groups is 1. The van der Waals surface area contributed by atoms with E-state index < -0.39 is 23.8 Å². The number of hydrogen-bond donors (Lipinski definition) is 1. The predicted octanol–water partition coefficient (Wildman–Crippen LogP) is 3.04. The lowest BCUT2D eigenvalue weighted by atomic mass is 10.2. The van der Waals surface area contributed by atoms with Gasteiger partial charge in [0.25, 0.3) is 0 Å². The number of amides is 1. The summed E-state index contributed by atoms with van der Waals surface area (Å²) in [6.07, 6.45) is 0.647. The van der Waals surface area contributed by atoms with E-state index in [2.05, 4.69) is 15.3 Å². The van der Waals surface area contributed by atoms with Gasteiger partial charge in [-0.1, -0.05) is 0 Å². The Morgan fingerprint density at radius 1 is 1.43 bits per heavy atom. The van der Waals surface area contributed by atoms with E-state index in [1.54, 1.807) is 31.1 Å². The molecular weight excluding hydrogens is 366 g/mol. The molecule has 1 aliphatic rings. The Bertz CT molecular complexity index is 1140. The fourth-order valence-corrected chi connectivity index (χ4v) is 2.99. The summed E-state index contributed by atoms with van der Waals surface area (Å²) >= 11 is 0. The molecule has 1 N–H and O–H groups in total. The molecule has 1 amide bonds. The van der Waals surface area contributed by atoms with E-state index in [9.17, 15) is 13.6 Å². The Kier molecular flexibility index (Phi) is 4.19. The monoisotopic (exact) mass is 382 g/mol. The maximum absolute atomic E-state index is 14.4. The Hall–Kier alpha value is -3.54.